The Morgan fingerprint density at radius 3 is 1.25 bits per heavy atom. The fourth-order valence-corrected chi connectivity index (χ4v) is 17.5. The van der Waals surface area contributed by atoms with Crippen LogP contribution in [0.15, 0.2) is 228 Å². The summed E-state index contributed by atoms with van der Waals surface area (Å²) < 4.78 is 9.78. The van der Waals surface area contributed by atoms with Gasteiger partial charge >= 0.3 is 0 Å². The van der Waals surface area contributed by atoms with Crippen molar-refractivity contribution in [1.29, 1.82) is 0 Å². The highest BCUT2D eigenvalue weighted by molar-refractivity contribution is 9.11. The average Bonchev–Trinajstić information content (AvgIpc) is 1.29. The van der Waals surface area contributed by atoms with Gasteiger partial charge in [-0.05, 0) is 274 Å². The molecule has 0 spiro atoms. The highest BCUT2D eigenvalue weighted by atomic mass is 79.9. The molecule has 0 bridgehead atoms. The molecule has 2 aliphatic heterocycles. The second-order valence-corrected chi connectivity index (χ2v) is 36.7. The molecule has 0 unspecified atom stereocenters. The maximum absolute atomic E-state index is 13.1. The van der Waals surface area contributed by atoms with Crippen LogP contribution >= 0.6 is 109 Å². The molecule has 9 aromatic heterocycles. The maximum Gasteiger partial charge on any atom is 0.257 e. The number of nitrogens with one attached hydrogen (secondary N) is 5. The van der Waals surface area contributed by atoms with E-state index in [0.717, 1.165) is 151 Å². The first-order valence-corrected chi connectivity index (χ1v) is 43.7. The molecule has 602 valence electrons. The number of carbonyl (C=O) groups is 4. The summed E-state index contributed by atoms with van der Waals surface area (Å²) in [5.74, 6) is 3.49. The predicted molar refractivity (Wildman–Crippen MR) is 486 cm³/mol. The molecule has 0 saturated carbocycles. The van der Waals surface area contributed by atoms with Gasteiger partial charge in [-0.3, -0.25) is 24.1 Å². The molecule has 4 aromatic carbocycles. The van der Waals surface area contributed by atoms with Crippen LogP contribution in [0.3, 0.4) is 0 Å². The minimum atomic E-state index is -0.0631. The van der Waals surface area contributed by atoms with Gasteiger partial charge in [0.05, 0.1) is 70.1 Å². The van der Waals surface area contributed by atoms with E-state index in [0.29, 0.717) is 71.4 Å². The molecule has 5 N–H and O–H groups in total. The zero-order valence-corrected chi connectivity index (χ0v) is 74.4. The van der Waals surface area contributed by atoms with Gasteiger partial charge in [0.15, 0.2) is 0 Å². The number of amides is 4. The first-order chi connectivity index (χ1) is 56.8. The molecule has 2 aliphatic rings. The van der Waals surface area contributed by atoms with E-state index in [2.05, 4.69) is 157 Å². The summed E-state index contributed by atoms with van der Waals surface area (Å²) in [6, 6.07) is 57.0. The second kappa shape index (κ2) is 42.7. The Labute approximate surface area is 729 Å². The van der Waals surface area contributed by atoms with Crippen molar-refractivity contribution in [3.05, 3.63) is 250 Å². The van der Waals surface area contributed by atoms with Gasteiger partial charge in [0, 0.05) is 149 Å². The number of halogens is 4. The molecule has 0 atom stereocenters. The standard InChI is InChI=1S/C24H21BrN6OS.C23H26BrN5O2S.C20H22BrN5OS.C17H15BrN4OS/c25-21-9-8-20(33-21)19-10-12-27-24(29-19)28-18-6-4-17(5-7-18)23(32)31-15-13-30(14-16-31)22-3-1-2-11-26-22;1-3-10-28-11-13-29(14-12-28)22(30)17-5-4-16(15-19(17)31-2)26-23-25-9-8-18(27-23)20-6-7-21(24)32-20;1-26(2)13-3-11-22-19(27)14-4-6-15(7-5-14)24-20-23-12-10-16(25-20)17-8-9-18(21)28-17;1-22(2)16(23)11-3-5-12(6-4-11)20-17-19-10-9-13(21-17)14-7-8-15(18)24-14/h1-12H,13-16H2,(H,27,28,29);4-9,15H,3,10-14H2,1-2H3,(H,25,26,27);4-10,12H,3,11,13H2,1-2H3,(H,22,27)(H,23,24,25);3-10H,1-2H3,(H,19,20,21). The van der Waals surface area contributed by atoms with Gasteiger partial charge in [0.1, 0.15) is 11.6 Å². The van der Waals surface area contributed by atoms with Crippen molar-refractivity contribution >= 4 is 185 Å². The Bertz CT molecular complexity index is 5440. The third-order valence-corrected chi connectivity index (χ3v) is 24.6. The topological polar surface area (TPSA) is 273 Å². The van der Waals surface area contributed by atoms with E-state index in [1.807, 2.05) is 182 Å². The molecule has 15 rings (SSSR count). The normalized spacial score (nSPS) is 12.6. The summed E-state index contributed by atoms with van der Waals surface area (Å²) in [4.78, 5) is 106. The fraction of sp³-hybridized carbons (Fsp3) is 0.226. The van der Waals surface area contributed by atoms with Crippen molar-refractivity contribution in [2.45, 2.75) is 19.8 Å². The van der Waals surface area contributed by atoms with Gasteiger partial charge in [-0.15, -0.1) is 45.3 Å². The summed E-state index contributed by atoms with van der Waals surface area (Å²) in [6.07, 6.45) is 10.8. The number of hydrogen-bond donors (Lipinski definition) is 5. The summed E-state index contributed by atoms with van der Waals surface area (Å²) in [6.45, 7) is 11.1. The third-order valence-electron chi connectivity index (χ3n) is 18.0. The largest absolute Gasteiger partial charge is 0.496 e. The Kier molecular flexibility index (Phi) is 31.4. The van der Waals surface area contributed by atoms with Gasteiger partial charge in [0.2, 0.25) is 23.8 Å². The molecular weight excluding hydrogens is 1820 g/mol. The van der Waals surface area contributed by atoms with Crippen molar-refractivity contribution < 1.29 is 23.9 Å². The zero-order chi connectivity index (χ0) is 82.2. The number of rotatable bonds is 24. The number of anilines is 9. The number of hydrogen-bond acceptors (Lipinski definition) is 25. The number of aromatic nitrogens is 9. The van der Waals surface area contributed by atoms with Gasteiger partial charge in [-0.25, -0.2) is 44.9 Å². The molecule has 0 radical (unpaired) electrons. The number of pyridine rings is 1. The van der Waals surface area contributed by atoms with Crippen molar-refractivity contribution in [1.82, 2.24) is 74.7 Å². The molecule has 2 saturated heterocycles. The van der Waals surface area contributed by atoms with E-state index >= 15 is 0 Å². The second-order valence-electron chi connectivity index (χ2n) is 26.8. The van der Waals surface area contributed by atoms with Crippen LogP contribution in [0.4, 0.5) is 52.4 Å². The molecule has 13 aromatic rings. The van der Waals surface area contributed by atoms with Crippen LogP contribution in [0.2, 0.25) is 0 Å². The third kappa shape index (κ3) is 25.1. The fourth-order valence-electron chi connectivity index (χ4n) is 12.1. The number of nitrogens with zero attached hydrogens (tertiary/aromatic N) is 15. The Morgan fingerprint density at radius 1 is 0.444 bits per heavy atom. The molecular formula is C84H84Br4N20O5S4. The lowest BCUT2D eigenvalue weighted by Gasteiger charge is -2.35. The lowest BCUT2D eigenvalue weighted by atomic mass is 10.1. The minimum absolute atomic E-state index is 0.00562. The molecule has 4 amide bonds. The molecule has 0 aliphatic carbocycles. The SMILES string of the molecule is CCCN1CCN(C(=O)c2ccc(Nc3nccc(-c4ccc(Br)s4)n3)cc2OC)CC1.CN(C)C(=O)c1ccc(Nc2nccc(-c3ccc(Br)s3)n2)cc1.CN(C)CCCNC(=O)c1ccc(Nc2nccc(-c3ccc(Br)s3)n2)cc1.O=C(c1ccc(Nc2nccc(-c3ccc(Br)s3)n2)cc1)N1CCN(c2ccccn2)CC1. The predicted octanol–water partition coefficient (Wildman–Crippen LogP) is 18.8. The van der Waals surface area contributed by atoms with E-state index in [9.17, 15) is 19.2 Å². The van der Waals surface area contributed by atoms with Gasteiger partial charge in [-0.1, -0.05) is 13.0 Å². The van der Waals surface area contributed by atoms with Crippen LogP contribution in [-0.4, -0.2) is 200 Å². The van der Waals surface area contributed by atoms with Crippen LogP contribution in [0.1, 0.15) is 61.2 Å². The van der Waals surface area contributed by atoms with Gasteiger partial charge < -0.3 is 55.8 Å². The number of ether oxygens (including phenoxy) is 1. The van der Waals surface area contributed by atoms with E-state index in [4.69, 9.17) is 4.74 Å². The highest BCUT2D eigenvalue weighted by Crippen LogP contribution is 2.36. The minimum Gasteiger partial charge on any atom is -0.496 e. The summed E-state index contributed by atoms with van der Waals surface area (Å²) in [7, 11) is 9.09. The molecule has 25 nitrogen and oxygen atoms in total. The monoisotopic (exact) mass is 1900 g/mol. The maximum atomic E-state index is 13.1. The number of carbonyl (C=O) groups excluding carboxylic acids is 4. The summed E-state index contributed by atoms with van der Waals surface area (Å²) >= 11 is 20.4. The van der Waals surface area contributed by atoms with Gasteiger partial charge in [-0.2, -0.15) is 0 Å². The average molecular weight is 1900 g/mol. The lowest BCUT2D eigenvalue weighted by Crippen LogP contribution is -2.49. The lowest BCUT2D eigenvalue weighted by molar-refractivity contribution is 0.0633. The smallest absolute Gasteiger partial charge is 0.257 e. The summed E-state index contributed by atoms with van der Waals surface area (Å²) in [5, 5.41) is 15.7. The van der Waals surface area contributed by atoms with Crippen molar-refractivity contribution in [2.24, 2.45) is 0 Å². The Balaban J connectivity index is 0.000000145. The number of benzene rings is 4. The number of piperazine rings is 2. The number of methoxy groups -OCH3 is 1. The summed E-state index contributed by atoms with van der Waals surface area (Å²) in [5.41, 5.74) is 9.20. The van der Waals surface area contributed by atoms with Crippen LogP contribution in [0.25, 0.3) is 42.3 Å². The van der Waals surface area contributed by atoms with E-state index in [-0.39, 0.29) is 23.6 Å². The Hall–Kier alpha value is -10.3. The van der Waals surface area contributed by atoms with E-state index in [1.54, 1.807) is 127 Å². The molecule has 33 heteroatoms. The molecule has 2 fully saturated rings. The first-order valence-electron chi connectivity index (χ1n) is 37.3. The molecule has 11 heterocycles. The highest BCUT2D eigenvalue weighted by Gasteiger charge is 2.26. The van der Waals surface area contributed by atoms with Crippen LogP contribution in [0.5, 0.6) is 5.75 Å². The van der Waals surface area contributed by atoms with E-state index < -0.39 is 0 Å². The van der Waals surface area contributed by atoms with Crippen LogP contribution in [-0.2, 0) is 0 Å². The van der Waals surface area contributed by atoms with Gasteiger partial charge in [0.25, 0.3) is 23.6 Å². The van der Waals surface area contributed by atoms with E-state index in [1.165, 1.54) is 0 Å². The first kappa shape index (κ1) is 86.0. The quantitative estimate of drug-likeness (QED) is 0.0352. The van der Waals surface area contributed by atoms with Crippen molar-refractivity contribution in [2.75, 3.05) is 133 Å². The zero-order valence-electron chi connectivity index (χ0n) is 64.8. The van der Waals surface area contributed by atoms with Crippen molar-refractivity contribution in [3.8, 4) is 48.0 Å². The van der Waals surface area contributed by atoms with Crippen molar-refractivity contribution in [3.63, 3.8) is 0 Å². The van der Waals surface area contributed by atoms with Crippen LogP contribution in [0, 0.1) is 0 Å². The molecule has 117 heavy (non-hydrogen) atoms. The van der Waals surface area contributed by atoms with Crippen LogP contribution < -0.4 is 36.2 Å². The number of thiophene rings is 4. The Morgan fingerprint density at radius 2 is 0.855 bits per heavy atom.